The average Bonchev–Trinajstić information content (AvgIpc) is 3.47. The average molecular weight is 669 g/mol. The lowest BCUT2D eigenvalue weighted by molar-refractivity contribution is -0.137. The van der Waals surface area contributed by atoms with E-state index in [1.165, 1.54) is 44.6 Å². The number of aromatic nitrogens is 4. The molecule has 4 rings (SSSR count). The maximum Gasteiger partial charge on any atom is 0.695 e. The van der Waals surface area contributed by atoms with Crippen molar-refractivity contribution in [3.63, 3.8) is 0 Å². The number of nitrogens with zero attached hydrogens (tertiary/aromatic N) is 4. The Morgan fingerprint density at radius 3 is 2.58 bits per heavy atom. The van der Waals surface area contributed by atoms with Gasteiger partial charge in [-0.3, -0.25) is 9.48 Å². The van der Waals surface area contributed by atoms with E-state index in [0.717, 1.165) is 0 Å². The number of benzene rings is 2. The highest BCUT2D eigenvalue weighted by Gasteiger charge is 2.36. The number of hydrogen-bond donors (Lipinski definition) is 5. The van der Waals surface area contributed by atoms with Gasteiger partial charge in [0.05, 0.1) is 35.3 Å². The van der Waals surface area contributed by atoms with Gasteiger partial charge in [0, 0.05) is 48.3 Å². The molecule has 45 heavy (non-hydrogen) atoms. The van der Waals surface area contributed by atoms with E-state index in [4.69, 9.17) is 30.9 Å². The fraction of sp³-hybridized carbons (Fsp3) is 0.259. The van der Waals surface area contributed by atoms with Gasteiger partial charge in [0.15, 0.2) is 0 Å². The first-order valence-electron chi connectivity index (χ1n) is 13.1. The van der Waals surface area contributed by atoms with Gasteiger partial charge in [-0.1, -0.05) is 23.7 Å². The molecule has 0 saturated carbocycles. The van der Waals surface area contributed by atoms with E-state index in [1.807, 2.05) is 0 Å². The number of ether oxygens (including phenoxy) is 1. The summed E-state index contributed by atoms with van der Waals surface area (Å²) < 4.78 is 64.6. The first-order chi connectivity index (χ1) is 21.4. The molecule has 0 bridgehead atoms. The van der Waals surface area contributed by atoms with Crippen molar-refractivity contribution >= 4 is 48.9 Å². The van der Waals surface area contributed by atoms with Gasteiger partial charge >= 0.3 is 14.4 Å². The summed E-state index contributed by atoms with van der Waals surface area (Å²) in [6, 6.07) is 7.48. The number of amides is 1. The molecule has 13 nitrogen and oxygen atoms in total. The summed E-state index contributed by atoms with van der Waals surface area (Å²) in [6.07, 6.45) is -0.622. The lowest BCUT2D eigenvalue weighted by atomic mass is 10.0. The Morgan fingerprint density at radius 2 is 1.91 bits per heavy atom. The van der Waals surface area contributed by atoms with Gasteiger partial charge in [0.2, 0.25) is 5.95 Å². The smallest absolute Gasteiger partial charge is 0.495 e. The lowest BCUT2D eigenvalue weighted by Crippen LogP contribution is -2.21. The second kappa shape index (κ2) is 14.6. The zero-order valence-electron chi connectivity index (χ0n) is 23.7. The molecule has 2 aromatic carbocycles. The molecule has 238 valence electrons. The molecule has 1 amide bonds. The Balaban J connectivity index is 1.71. The summed E-state index contributed by atoms with van der Waals surface area (Å²) in [5, 5.41) is 21.1. The number of carbonyl (C=O) groups is 1. The number of methoxy groups -OCH3 is 1. The monoisotopic (exact) mass is 668 g/mol. The first-order valence-corrected chi connectivity index (χ1v) is 14.6. The highest BCUT2D eigenvalue weighted by atomic mass is 35.5. The summed E-state index contributed by atoms with van der Waals surface area (Å²) in [5.74, 6) is -1.35. The van der Waals surface area contributed by atoms with Crippen LogP contribution in [0.5, 0.6) is 5.75 Å². The molecule has 0 aliphatic rings. The van der Waals surface area contributed by atoms with Crippen molar-refractivity contribution in [1.82, 2.24) is 25.1 Å². The molecule has 18 heteroatoms. The van der Waals surface area contributed by atoms with Crippen LogP contribution in [0.25, 0.3) is 11.1 Å². The lowest BCUT2D eigenvalue weighted by Gasteiger charge is -2.18. The molecular weight excluding hydrogens is 642 g/mol. The van der Waals surface area contributed by atoms with Crippen LogP contribution < -0.4 is 20.7 Å². The van der Waals surface area contributed by atoms with Crippen molar-refractivity contribution in [3.8, 4) is 16.9 Å². The number of aliphatic hydroxyl groups excluding tert-OH is 1. The van der Waals surface area contributed by atoms with Gasteiger partial charge in [0.25, 0.3) is 5.91 Å². The van der Waals surface area contributed by atoms with Gasteiger partial charge in [0.1, 0.15) is 23.7 Å². The number of aliphatic hydroxyl groups is 1. The second-order valence-electron chi connectivity index (χ2n) is 9.25. The van der Waals surface area contributed by atoms with Gasteiger partial charge in [-0.15, -0.1) is 9.42 Å². The third-order valence-electron chi connectivity index (χ3n) is 6.29. The van der Waals surface area contributed by atoms with Crippen molar-refractivity contribution in [2.24, 2.45) is 0 Å². The summed E-state index contributed by atoms with van der Waals surface area (Å²) in [4.78, 5) is 29.7. The van der Waals surface area contributed by atoms with Gasteiger partial charge in [-0.25, -0.2) is 4.98 Å². The third kappa shape index (κ3) is 8.23. The molecule has 0 radical (unpaired) electrons. The predicted octanol–water partition coefficient (Wildman–Crippen LogP) is 5.42. The van der Waals surface area contributed by atoms with Crippen molar-refractivity contribution in [2.75, 3.05) is 31.4 Å². The summed E-state index contributed by atoms with van der Waals surface area (Å²) >= 11 is 6.66. The van der Waals surface area contributed by atoms with E-state index >= 15 is 0 Å². The van der Waals surface area contributed by atoms with E-state index in [9.17, 15) is 22.5 Å². The van der Waals surface area contributed by atoms with Crippen LogP contribution in [-0.2, 0) is 28.4 Å². The molecule has 2 aromatic heterocycles. The molecule has 0 aliphatic heterocycles. The molecule has 0 saturated heterocycles. The normalized spacial score (nSPS) is 11.7. The maximum absolute atomic E-state index is 14.0. The van der Waals surface area contributed by atoms with E-state index < -0.39 is 31.7 Å². The largest absolute Gasteiger partial charge is 0.695 e. The Morgan fingerprint density at radius 1 is 1.16 bits per heavy atom. The molecule has 0 aliphatic carbocycles. The summed E-state index contributed by atoms with van der Waals surface area (Å²) in [6.45, 7) is 0.230. The number of anilines is 4. The quantitative estimate of drug-likeness (QED) is 0.115. The standard InChI is InChI=1S/C27H26ClF3N7O6P/c1-32-25(40)22-20(7-5-17(23(22)28)16-11-34-38(13-16)8-3-9-39)35-24-18(27(29,30)31)12-33-26(37-24)36-19-6-4-15(10-21(19)43-2)14-44-45(41)42/h4-7,10-13,39H,3,8-9,14H2,1-2H3,(H3-,32,33,35,36,37,40,41,42)/p+1. The van der Waals surface area contributed by atoms with E-state index in [2.05, 4.69) is 31.0 Å². The summed E-state index contributed by atoms with van der Waals surface area (Å²) in [5.41, 5.74) is 0.322. The highest BCUT2D eigenvalue weighted by molar-refractivity contribution is 7.32. The van der Waals surface area contributed by atoms with Crippen molar-refractivity contribution < 1.29 is 41.8 Å². The van der Waals surface area contributed by atoms with Crippen molar-refractivity contribution in [2.45, 2.75) is 25.7 Å². The number of aryl methyl sites for hydroxylation is 1. The van der Waals surface area contributed by atoms with Crippen LogP contribution in [0.4, 0.5) is 36.3 Å². The molecule has 2 heterocycles. The molecule has 0 spiro atoms. The van der Waals surface area contributed by atoms with Crippen LogP contribution in [0.15, 0.2) is 48.9 Å². The first kappa shape index (κ1) is 33.6. The zero-order chi connectivity index (χ0) is 32.7. The maximum atomic E-state index is 14.0. The predicted molar refractivity (Wildman–Crippen MR) is 159 cm³/mol. The van der Waals surface area contributed by atoms with Crippen LogP contribution in [0.1, 0.15) is 27.9 Å². The molecular formula is C27H27ClF3N7O6P+. The molecule has 1 unspecified atom stereocenters. The Hall–Kier alpha value is -4.34. The Bertz CT molecular complexity index is 1710. The number of halogens is 4. The number of nitrogens with one attached hydrogen (secondary N) is 3. The van der Waals surface area contributed by atoms with Crippen molar-refractivity contribution in [1.29, 1.82) is 0 Å². The molecule has 0 fully saturated rings. The minimum Gasteiger partial charge on any atom is -0.495 e. The molecule has 5 N–H and O–H groups in total. The fourth-order valence-corrected chi connectivity index (χ4v) is 4.78. The van der Waals surface area contributed by atoms with Gasteiger partial charge < -0.3 is 25.8 Å². The number of rotatable bonds is 13. The van der Waals surface area contributed by atoms with Gasteiger partial charge in [-0.05, 0) is 30.2 Å². The number of hydrogen-bond acceptors (Lipinski definition) is 10. The zero-order valence-corrected chi connectivity index (χ0v) is 25.4. The second-order valence-corrected chi connectivity index (χ2v) is 10.4. The minimum absolute atomic E-state index is 0.0254. The van der Waals surface area contributed by atoms with Crippen LogP contribution in [-0.4, -0.2) is 56.4 Å². The van der Waals surface area contributed by atoms with Crippen LogP contribution in [0.3, 0.4) is 0 Å². The fourth-order valence-electron chi connectivity index (χ4n) is 4.16. The Kier molecular flexibility index (Phi) is 10.9. The Labute approximate surface area is 260 Å². The summed E-state index contributed by atoms with van der Waals surface area (Å²) in [7, 11) is -0.114. The minimum atomic E-state index is -4.87. The molecule has 1 atom stereocenters. The van der Waals surface area contributed by atoms with E-state index in [0.29, 0.717) is 35.9 Å². The van der Waals surface area contributed by atoms with Crippen LogP contribution in [0.2, 0.25) is 5.02 Å². The topological polar surface area (TPSA) is 173 Å². The SMILES string of the molecule is CNC(=O)c1c(Nc2nc(Nc3ccc(CO[P+](=O)O)cc3OC)ncc2C(F)(F)F)ccc(-c2cnn(CCCO)c2)c1Cl. The van der Waals surface area contributed by atoms with Gasteiger partial charge in [-0.2, -0.15) is 23.3 Å². The van der Waals surface area contributed by atoms with E-state index in [-0.39, 0.29) is 46.9 Å². The molecule has 4 aromatic rings. The number of alkyl halides is 3. The third-order valence-corrected chi connectivity index (χ3v) is 7.03. The van der Waals surface area contributed by atoms with Crippen LogP contribution in [0, 0.1) is 0 Å². The van der Waals surface area contributed by atoms with E-state index in [1.54, 1.807) is 16.9 Å². The highest BCUT2D eigenvalue weighted by Crippen LogP contribution is 2.40. The van der Waals surface area contributed by atoms with Crippen LogP contribution >= 0.6 is 19.9 Å². The number of carbonyl (C=O) groups excluding carboxylic acids is 1. The van der Waals surface area contributed by atoms with Crippen molar-refractivity contribution in [3.05, 3.63) is 70.6 Å².